The van der Waals surface area contributed by atoms with Crippen molar-refractivity contribution in [3.8, 4) is 0 Å². The van der Waals surface area contributed by atoms with Crippen LogP contribution in [0.3, 0.4) is 0 Å². The van der Waals surface area contributed by atoms with Crippen molar-refractivity contribution in [1.29, 1.82) is 0 Å². The Morgan fingerprint density at radius 1 is 1.42 bits per heavy atom. The van der Waals surface area contributed by atoms with E-state index in [4.69, 9.17) is 9.84 Å². The first-order valence-corrected chi connectivity index (χ1v) is 5.86. The SMILES string of the molecule is CC(C)(C)OC(=O)N(CC(=O)O)Cc1cccnc1. The zero-order valence-corrected chi connectivity index (χ0v) is 11.3. The van der Waals surface area contributed by atoms with E-state index >= 15 is 0 Å². The predicted octanol–water partition coefficient (Wildman–Crippen LogP) is 1.90. The Morgan fingerprint density at radius 3 is 2.58 bits per heavy atom. The molecule has 19 heavy (non-hydrogen) atoms. The lowest BCUT2D eigenvalue weighted by atomic mass is 10.2. The third-order valence-electron chi connectivity index (χ3n) is 2.07. The van der Waals surface area contributed by atoms with Gasteiger partial charge in [0.2, 0.25) is 0 Å². The third-order valence-corrected chi connectivity index (χ3v) is 2.07. The Hall–Kier alpha value is -2.11. The van der Waals surface area contributed by atoms with Crippen LogP contribution in [0.2, 0.25) is 0 Å². The van der Waals surface area contributed by atoms with Crippen molar-refractivity contribution >= 4 is 12.1 Å². The molecule has 1 N–H and O–H groups in total. The molecule has 0 unspecified atom stereocenters. The minimum absolute atomic E-state index is 0.148. The van der Waals surface area contributed by atoms with E-state index < -0.39 is 24.2 Å². The summed E-state index contributed by atoms with van der Waals surface area (Å²) in [6.07, 6.45) is 2.54. The van der Waals surface area contributed by atoms with Gasteiger partial charge in [0.15, 0.2) is 0 Å². The highest BCUT2D eigenvalue weighted by molar-refractivity contribution is 5.76. The number of carbonyl (C=O) groups excluding carboxylic acids is 1. The molecule has 0 aliphatic carbocycles. The van der Waals surface area contributed by atoms with Gasteiger partial charge >= 0.3 is 12.1 Å². The average molecular weight is 266 g/mol. The van der Waals surface area contributed by atoms with E-state index in [1.54, 1.807) is 45.3 Å². The Labute approximate surface area is 112 Å². The minimum atomic E-state index is -1.09. The number of nitrogens with zero attached hydrogens (tertiary/aromatic N) is 2. The number of hydrogen-bond donors (Lipinski definition) is 1. The van der Waals surface area contributed by atoms with E-state index in [9.17, 15) is 9.59 Å². The fraction of sp³-hybridized carbons (Fsp3) is 0.462. The highest BCUT2D eigenvalue weighted by atomic mass is 16.6. The molecular weight excluding hydrogens is 248 g/mol. The van der Waals surface area contributed by atoms with E-state index in [1.165, 1.54) is 0 Å². The predicted molar refractivity (Wildman–Crippen MR) is 68.5 cm³/mol. The molecule has 0 spiro atoms. The maximum atomic E-state index is 11.9. The van der Waals surface area contributed by atoms with E-state index in [0.29, 0.717) is 0 Å². The number of amides is 1. The molecule has 1 amide bonds. The normalized spacial score (nSPS) is 10.9. The smallest absolute Gasteiger partial charge is 0.411 e. The number of carboxylic acid groups (broad SMARTS) is 1. The van der Waals surface area contributed by atoms with Crippen molar-refractivity contribution in [2.75, 3.05) is 6.54 Å². The maximum Gasteiger partial charge on any atom is 0.411 e. The number of hydrogen-bond acceptors (Lipinski definition) is 4. The van der Waals surface area contributed by atoms with Gasteiger partial charge in [-0.05, 0) is 32.4 Å². The van der Waals surface area contributed by atoms with Crippen LogP contribution < -0.4 is 0 Å². The van der Waals surface area contributed by atoms with Crippen LogP contribution in [0.25, 0.3) is 0 Å². The summed E-state index contributed by atoms with van der Waals surface area (Å²) < 4.78 is 5.18. The third kappa shape index (κ3) is 5.85. The summed E-state index contributed by atoms with van der Waals surface area (Å²) in [6.45, 7) is 4.93. The van der Waals surface area contributed by atoms with Crippen LogP contribution >= 0.6 is 0 Å². The molecule has 0 aliphatic rings. The van der Waals surface area contributed by atoms with E-state index in [-0.39, 0.29) is 6.54 Å². The van der Waals surface area contributed by atoms with E-state index in [0.717, 1.165) is 10.5 Å². The molecule has 0 radical (unpaired) electrons. The molecule has 1 aromatic heterocycles. The number of carboxylic acids is 1. The standard InChI is InChI=1S/C13H18N2O4/c1-13(2,3)19-12(18)15(9-11(16)17)8-10-5-4-6-14-7-10/h4-7H,8-9H2,1-3H3,(H,16,17). The van der Waals surface area contributed by atoms with Crippen LogP contribution in [0.1, 0.15) is 26.3 Å². The van der Waals surface area contributed by atoms with Gasteiger partial charge in [0, 0.05) is 12.4 Å². The molecule has 0 bridgehead atoms. The largest absolute Gasteiger partial charge is 0.480 e. The van der Waals surface area contributed by atoms with Gasteiger partial charge < -0.3 is 9.84 Å². The summed E-state index contributed by atoms with van der Waals surface area (Å²) in [5, 5.41) is 8.84. The zero-order valence-electron chi connectivity index (χ0n) is 11.3. The lowest BCUT2D eigenvalue weighted by Gasteiger charge is -2.26. The van der Waals surface area contributed by atoms with Crippen molar-refractivity contribution in [3.05, 3.63) is 30.1 Å². The monoisotopic (exact) mass is 266 g/mol. The topological polar surface area (TPSA) is 79.7 Å². The first-order valence-electron chi connectivity index (χ1n) is 5.86. The first kappa shape index (κ1) is 14.9. The van der Waals surface area contributed by atoms with Gasteiger partial charge in [0.25, 0.3) is 0 Å². The summed E-state index contributed by atoms with van der Waals surface area (Å²) in [4.78, 5) is 27.8. The number of carbonyl (C=O) groups is 2. The zero-order chi connectivity index (χ0) is 14.5. The molecule has 0 aliphatic heterocycles. The van der Waals surface area contributed by atoms with Gasteiger partial charge in [-0.15, -0.1) is 0 Å². The number of aromatic nitrogens is 1. The Balaban J connectivity index is 2.77. The summed E-state index contributed by atoms with van der Waals surface area (Å²) in [5.74, 6) is -1.09. The van der Waals surface area contributed by atoms with Gasteiger partial charge in [-0.25, -0.2) is 4.79 Å². The van der Waals surface area contributed by atoms with E-state index in [2.05, 4.69) is 4.98 Å². The molecule has 0 aromatic carbocycles. The molecule has 1 aromatic rings. The van der Waals surface area contributed by atoms with Crippen molar-refractivity contribution in [3.63, 3.8) is 0 Å². The molecule has 0 saturated heterocycles. The van der Waals surface area contributed by atoms with Gasteiger partial charge in [-0.3, -0.25) is 14.7 Å². The van der Waals surface area contributed by atoms with Gasteiger partial charge in [0.1, 0.15) is 12.1 Å². The van der Waals surface area contributed by atoms with Crippen LogP contribution in [0.5, 0.6) is 0 Å². The molecule has 0 fully saturated rings. The molecule has 1 heterocycles. The van der Waals surface area contributed by atoms with Crippen molar-refractivity contribution < 1.29 is 19.4 Å². The van der Waals surface area contributed by atoms with Gasteiger partial charge in [-0.1, -0.05) is 6.07 Å². The Bertz CT molecular complexity index is 440. The van der Waals surface area contributed by atoms with Gasteiger partial charge in [0.05, 0.1) is 6.54 Å². The van der Waals surface area contributed by atoms with Gasteiger partial charge in [-0.2, -0.15) is 0 Å². The van der Waals surface area contributed by atoms with Crippen LogP contribution in [0.15, 0.2) is 24.5 Å². The molecule has 0 saturated carbocycles. The fourth-order valence-electron chi connectivity index (χ4n) is 1.39. The van der Waals surface area contributed by atoms with Crippen LogP contribution in [0, 0.1) is 0 Å². The minimum Gasteiger partial charge on any atom is -0.480 e. The molecule has 104 valence electrons. The number of aliphatic carboxylic acids is 1. The summed E-state index contributed by atoms with van der Waals surface area (Å²) in [6, 6.07) is 3.50. The van der Waals surface area contributed by atoms with Crippen LogP contribution in [-0.2, 0) is 16.1 Å². The molecule has 0 atom stereocenters. The number of pyridine rings is 1. The fourth-order valence-corrected chi connectivity index (χ4v) is 1.39. The quantitative estimate of drug-likeness (QED) is 0.900. The van der Waals surface area contributed by atoms with Crippen LogP contribution in [0.4, 0.5) is 4.79 Å². The Morgan fingerprint density at radius 2 is 2.11 bits per heavy atom. The highest BCUT2D eigenvalue weighted by Gasteiger charge is 2.23. The lowest BCUT2D eigenvalue weighted by Crippen LogP contribution is -2.39. The summed E-state index contributed by atoms with van der Waals surface area (Å²) in [5.41, 5.74) is 0.0811. The summed E-state index contributed by atoms with van der Waals surface area (Å²) in [7, 11) is 0. The van der Waals surface area contributed by atoms with Crippen molar-refractivity contribution in [2.24, 2.45) is 0 Å². The second-order valence-electron chi connectivity index (χ2n) is 5.09. The van der Waals surface area contributed by atoms with E-state index in [1.807, 2.05) is 0 Å². The number of ether oxygens (including phenoxy) is 1. The summed E-state index contributed by atoms with van der Waals surface area (Å²) >= 11 is 0. The molecule has 6 nitrogen and oxygen atoms in total. The second-order valence-corrected chi connectivity index (χ2v) is 5.09. The molecular formula is C13H18N2O4. The van der Waals surface area contributed by atoms with Crippen LogP contribution in [-0.4, -0.2) is 39.2 Å². The first-order chi connectivity index (χ1) is 8.78. The lowest BCUT2D eigenvalue weighted by molar-refractivity contribution is -0.138. The average Bonchev–Trinajstić information content (AvgIpc) is 2.26. The van der Waals surface area contributed by atoms with Crippen molar-refractivity contribution in [1.82, 2.24) is 9.88 Å². The highest BCUT2D eigenvalue weighted by Crippen LogP contribution is 2.12. The second kappa shape index (κ2) is 6.17. The molecule has 6 heteroatoms. The van der Waals surface area contributed by atoms with Crippen molar-refractivity contribution in [2.45, 2.75) is 32.9 Å². The Kier molecular flexibility index (Phi) is 4.86. The molecule has 1 rings (SSSR count). The maximum absolute atomic E-state index is 11.9. The number of rotatable bonds is 4.